The van der Waals surface area contributed by atoms with E-state index in [0.29, 0.717) is 0 Å². The maximum absolute atomic E-state index is 12.0. The zero-order valence-electron chi connectivity index (χ0n) is 12.7. The number of aromatic carboxylic acids is 1. The second-order valence-electron chi connectivity index (χ2n) is 5.24. The predicted octanol–water partition coefficient (Wildman–Crippen LogP) is -0.137. The predicted molar refractivity (Wildman–Crippen MR) is 82.8 cm³/mol. The van der Waals surface area contributed by atoms with Gasteiger partial charge in [-0.3, -0.25) is 18.7 Å². The van der Waals surface area contributed by atoms with Gasteiger partial charge in [0.2, 0.25) is 0 Å². The van der Waals surface area contributed by atoms with Gasteiger partial charge in [-0.05, 0) is 17.7 Å². The molecule has 0 saturated heterocycles. The van der Waals surface area contributed by atoms with Crippen LogP contribution >= 0.6 is 15.2 Å². The zero-order valence-corrected chi connectivity index (χ0v) is 14.4. The molecule has 14 heteroatoms. The maximum atomic E-state index is 12.0. The molecular weight excluding hydrogens is 398 g/mol. The molecule has 0 aliphatic rings. The first-order valence-electron chi connectivity index (χ1n) is 6.55. The van der Waals surface area contributed by atoms with Crippen LogP contribution in [-0.4, -0.2) is 58.5 Å². The number of hydrogen-bond donors (Lipinski definition) is 7. The van der Waals surface area contributed by atoms with Crippen molar-refractivity contribution in [2.24, 2.45) is 0 Å². The van der Waals surface area contributed by atoms with Crippen LogP contribution in [0.25, 0.3) is 0 Å². The average molecular weight is 412 g/mol. The van der Waals surface area contributed by atoms with Gasteiger partial charge in [0.15, 0.2) is 10.8 Å². The Bertz CT molecular complexity index is 819. The first-order chi connectivity index (χ1) is 11.6. The summed E-state index contributed by atoms with van der Waals surface area (Å²) in [5, 5.41) is 23.9. The van der Waals surface area contributed by atoms with Gasteiger partial charge in [-0.15, -0.1) is 0 Å². The van der Waals surface area contributed by atoms with Crippen LogP contribution in [-0.2, 0) is 23.9 Å². The van der Waals surface area contributed by atoms with Gasteiger partial charge in [0.05, 0.1) is 5.56 Å². The van der Waals surface area contributed by atoms with Crippen molar-refractivity contribution in [3.8, 4) is 0 Å². The van der Waals surface area contributed by atoms with Crippen molar-refractivity contribution in [3.05, 3.63) is 35.4 Å². The van der Waals surface area contributed by atoms with Crippen molar-refractivity contribution >= 4 is 33.1 Å². The summed E-state index contributed by atoms with van der Waals surface area (Å²) in [6, 6.07) is 3.10. The summed E-state index contributed by atoms with van der Waals surface area (Å²) < 4.78 is 23.3. The third-order valence-corrected chi connectivity index (χ3v) is 6.48. The first-order valence-corrected chi connectivity index (χ1v) is 9.85. The number of carbonyl (C=O) groups is 3. The Morgan fingerprint density at radius 1 is 0.923 bits per heavy atom. The summed E-state index contributed by atoms with van der Waals surface area (Å²) in [6.45, 7) is 0. The van der Waals surface area contributed by atoms with E-state index in [1.165, 1.54) is 0 Å². The molecule has 7 N–H and O–H groups in total. The highest BCUT2D eigenvalue weighted by molar-refractivity contribution is 7.55. The highest BCUT2D eigenvalue weighted by Gasteiger charge is 2.59. The fraction of sp³-hybridized carbons (Fsp3) is 0.250. The molecule has 26 heavy (non-hydrogen) atoms. The molecule has 0 bridgehead atoms. The topological polar surface area (TPSA) is 227 Å². The van der Waals surface area contributed by atoms with Gasteiger partial charge in [-0.25, -0.2) is 4.79 Å². The molecule has 1 aromatic rings. The van der Waals surface area contributed by atoms with Crippen LogP contribution < -0.4 is 0 Å². The number of aliphatic carboxylic acids is 2. The lowest BCUT2D eigenvalue weighted by atomic mass is 9.92. The maximum Gasteiger partial charge on any atom is 0.347 e. The zero-order chi connectivity index (χ0) is 20.5. The Balaban J connectivity index is 3.71. The SMILES string of the molecule is O=C(O)c1ccc(C(CC(C(=O)O)P(=O)(O)O)(C(=O)O)P(=O)(O)O)cc1. The van der Waals surface area contributed by atoms with E-state index in [0.717, 1.165) is 24.3 Å². The van der Waals surface area contributed by atoms with Crippen LogP contribution in [0.2, 0.25) is 0 Å². The van der Waals surface area contributed by atoms with Crippen LogP contribution in [0.15, 0.2) is 24.3 Å². The molecule has 0 heterocycles. The van der Waals surface area contributed by atoms with E-state index < -0.39 is 55.9 Å². The van der Waals surface area contributed by atoms with Crippen LogP contribution in [0.4, 0.5) is 0 Å². The molecule has 144 valence electrons. The lowest BCUT2D eigenvalue weighted by Crippen LogP contribution is -2.41. The highest BCUT2D eigenvalue weighted by atomic mass is 31.2. The van der Waals surface area contributed by atoms with Crippen molar-refractivity contribution < 1.29 is 58.4 Å². The Hall–Kier alpha value is -2.07. The Labute approximate surface area is 145 Å². The second-order valence-corrected chi connectivity index (χ2v) is 8.89. The number of benzene rings is 1. The summed E-state index contributed by atoms with van der Waals surface area (Å²) >= 11 is 0. The molecule has 0 aromatic heterocycles. The van der Waals surface area contributed by atoms with E-state index in [9.17, 15) is 38.4 Å². The number of carboxylic acid groups (broad SMARTS) is 3. The van der Waals surface area contributed by atoms with Gasteiger partial charge in [-0.2, -0.15) is 0 Å². The van der Waals surface area contributed by atoms with Gasteiger partial charge >= 0.3 is 33.1 Å². The van der Waals surface area contributed by atoms with Gasteiger partial charge in [0.1, 0.15) is 0 Å². The van der Waals surface area contributed by atoms with Crippen molar-refractivity contribution in [2.45, 2.75) is 17.2 Å². The van der Waals surface area contributed by atoms with Crippen molar-refractivity contribution in [2.75, 3.05) is 0 Å². The average Bonchev–Trinajstić information content (AvgIpc) is 2.44. The van der Waals surface area contributed by atoms with Gasteiger partial charge < -0.3 is 34.9 Å². The summed E-state index contributed by atoms with van der Waals surface area (Å²) in [5.74, 6) is -5.81. The lowest BCUT2D eigenvalue weighted by molar-refractivity contribution is -0.142. The fourth-order valence-electron chi connectivity index (χ4n) is 2.26. The quantitative estimate of drug-likeness (QED) is 0.277. The third kappa shape index (κ3) is 4.18. The van der Waals surface area contributed by atoms with Crippen molar-refractivity contribution in [1.82, 2.24) is 0 Å². The van der Waals surface area contributed by atoms with Crippen molar-refractivity contribution in [3.63, 3.8) is 0 Å². The minimum absolute atomic E-state index is 0.358. The normalized spacial score (nSPS) is 15.7. The molecule has 0 spiro atoms. The minimum Gasteiger partial charge on any atom is -0.481 e. The van der Waals surface area contributed by atoms with Gasteiger partial charge in [-0.1, -0.05) is 12.1 Å². The molecule has 0 fully saturated rings. The molecule has 2 atom stereocenters. The van der Waals surface area contributed by atoms with Crippen LogP contribution in [0, 0.1) is 0 Å². The lowest BCUT2D eigenvalue weighted by Gasteiger charge is -2.32. The molecule has 0 aliphatic heterocycles. The monoisotopic (exact) mass is 412 g/mol. The van der Waals surface area contributed by atoms with E-state index in [-0.39, 0.29) is 5.56 Å². The second kappa shape index (κ2) is 7.28. The molecule has 0 saturated carbocycles. The fourth-order valence-corrected chi connectivity index (χ4v) is 4.36. The summed E-state index contributed by atoms with van der Waals surface area (Å²) in [7, 11) is -11.2. The number of carboxylic acids is 3. The summed E-state index contributed by atoms with van der Waals surface area (Å²) in [4.78, 5) is 71.1. The molecule has 0 radical (unpaired) electrons. The molecule has 1 aromatic carbocycles. The number of rotatable bonds is 8. The largest absolute Gasteiger partial charge is 0.481 e. The smallest absolute Gasteiger partial charge is 0.347 e. The van der Waals surface area contributed by atoms with E-state index in [1.807, 2.05) is 0 Å². The molecular formula is C12H14O12P2. The van der Waals surface area contributed by atoms with Crippen molar-refractivity contribution in [1.29, 1.82) is 0 Å². The standard InChI is InChI=1S/C12H14O12P2/c13-9(14)6-1-3-7(4-2-6)12(11(17)18,26(22,23)24)5-8(10(15)16)25(19,20)21/h1-4,8H,5H2,(H,13,14)(H,15,16)(H,17,18)(H2,19,20,21)(H2,22,23,24). The first kappa shape index (κ1) is 22.0. The molecule has 1 rings (SSSR count). The van der Waals surface area contributed by atoms with E-state index in [4.69, 9.17) is 20.0 Å². The Kier molecular flexibility index (Phi) is 6.15. The van der Waals surface area contributed by atoms with E-state index >= 15 is 0 Å². The Morgan fingerprint density at radius 2 is 1.38 bits per heavy atom. The van der Waals surface area contributed by atoms with Gasteiger partial charge in [0.25, 0.3) is 0 Å². The summed E-state index contributed by atoms with van der Waals surface area (Å²) in [6.07, 6.45) is -1.63. The van der Waals surface area contributed by atoms with Crippen LogP contribution in [0.1, 0.15) is 22.3 Å². The number of hydrogen-bond acceptors (Lipinski definition) is 5. The molecule has 12 nitrogen and oxygen atoms in total. The summed E-state index contributed by atoms with van der Waals surface area (Å²) in [5.41, 5.74) is -3.78. The van der Waals surface area contributed by atoms with Crippen LogP contribution in [0.5, 0.6) is 0 Å². The van der Waals surface area contributed by atoms with E-state index in [1.54, 1.807) is 0 Å². The highest BCUT2D eigenvalue weighted by Crippen LogP contribution is 2.62. The van der Waals surface area contributed by atoms with Gasteiger partial charge in [0, 0.05) is 6.42 Å². The Morgan fingerprint density at radius 3 is 1.65 bits per heavy atom. The molecule has 0 amide bonds. The molecule has 2 unspecified atom stereocenters. The minimum atomic E-state index is -5.74. The van der Waals surface area contributed by atoms with E-state index in [2.05, 4.69) is 0 Å². The third-order valence-electron chi connectivity index (χ3n) is 3.64. The molecule has 0 aliphatic carbocycles. The van der Waals surface area contributed by atoms with Crippen LogP contribution in [0.3, 0.4) is 0 Å².